The summed E-state index contributed by atoms with van der Waals surface area (Å²) in [6.45, 7) is 8.52. The first-order valence-corrected chi connectivity index (χ1v) is 13.1. The number of nitrogens with one attached hydrogen (secondary N) is 1. The van der Waals surface area contributed by atoms with E-state index in [1.54, 1.807) is 0 Å². The lowest BCUT2D eigenvalue weighted by atomic mass is 9.98. The molecule has 5 aromatic carbocycles. The number of fused-ring (bicyclic) bond motifs is 8. The summed E-state index contributed by atoms with van der Waals surface area (Å²) in [4.78, 5) is 3.72. The van der Waals surface area contributed by atoms with Gasteiger partial charge in [0.25, 0.3) is 0 Å². The molecule has 0 fully saturated rings. The number of rotatable bonds is 2. The van der Waals surface area contributed by atoms with Crippen LogP contribution in [0.25, 0.3) is 65.5 Å². The summed E-state index contributed by atoms with van der Waals surface area (Å²) in [6.07, 6.45) is 1.03. The van der Waals surface area contributed by atoms with Crippen LogP contribution >= 0.6 is 0 Å². The van der Waals surface area contributed by atoms with Crippen LogP contribution in [0.1, 0.15) is 31.9 Å². The van der Waals surface area contributed by atoms with Gasteiger partial charge in [-0.3, -0.25) is 0 Å². The Bertz CT molecular complexity index is 1910. The van der Waals surface area contributed by atoms with E-state index in [0.29, 0.717) is 0 Å². The van der Waals surface area contributed by atoms with Crippen LogP contribution in [-0.4, -0.2) is 9.55 Å². The van der Waals surface area contributed by atoms with Gasteiger partial charge in [-0.2, -0.15) is 0 Å². The summed E-state index contributed by atoms with van der Waals surface area (Å²) >= 11 is 0. The molecule has 2 aromatic heterocycles. The van der Waals surface area contributed by atoms with E-state index in [1.165, 1.54) is 76.6 Å². The Hall–Kier alpha value is -4.04. The van der Waals surface area contributed by atoms with E-state index in [9.17, 15) is 0 Å². The van der Waals surface area contributed by atoms with Gasteiger partial charge in [0.15, 0.2) is 0 Å². The van der Waals surface area contributed by atoms with E-state index in [2.05, 4.69) is 115 Å². The van der Waals surface area contributed by atoms with E-state index in [0.717, 1.165) is 6.42 Å². The van der Waals surface area contributed by atoms with Crippen LogP contribution in [0.4, 0.5) is 0 Å². The minimum absolute atomic E-state index is 1.03. The van der Waals surface area contributed by atoms with Crippen molar-refractivity contribution in [3.63, 3.8) is 0 Å². The molecule has 0 spiro atoms. The smallest absolute Gasteiger partial charge is 0.0587 e. The summed E-state index contributed by atoms with van der Waals surface area (Å²) in [7, 11) is 2.23. The highest BCUT2D eigenvalue weighted by Gasteiger charge is 2.20. The van der Waals surface area contributed by atoms with E-state index in [-0.39, 0.29) is 0 Å². The summed E-state index contributed by atoms with van der Waals surface area (Å²) < 4.78 is 2.43. The van der Waals surface area contributed by atoms with Crippen LogP contribution in [0.5, 0.6) is 0 Å². The van der Waals surface area contributed by atoms with Gasteiger partial charge in [-0.15, -0.1) is 0 Å². The Balaban J connectivity index is 0.00000117. The second-order valence-corrected chi connectivity index (χ2v) is 9.46. The van der Waals surface area contributed by atoms with Crippen molar-refractivity contribution < 1.29 is 0 Å². The fourth-order valence-electron chi connectivity index (χ4n) is 6.07. The van der Waals surface area contributed by atoms with Crippen LogP contribution in [0.2, 0.25) is 0 Å². The molecule has 7 aromatic rings. The fourth-order valence-corrected chi connectivity index (χ4v) is 6.07. The van der Waals surface area contributed by atoms with Crippen LogP contribution < -0.4 is 0 Å². The van der Waals surface area contributed by atoms with Gasteiger partial charge in [0.2, 0.25) is 0 Å². The van der Waals surface area contributed by atoms with Crippen molar-refractivity contribution in [1.82, 2.24) is 9.55 Å². The number of aromatic nitrogens is 2. The molecule has 7 rings (SSSR count). The van der Waals surface area contributed by atoms with Crippen molar-refractivity contribution in [3.8, 4) is 11.3 Å². The highest BCUT2D eigenvalue weighted by molar-refractivity contribution is 6.28. The number of H-pyrrole nitrogens is 1. The lowest BCUT2D eigenvalue weighted by Crippen LogP contribution is -1.96. The fraction of sp³-hybridized carbons (Fsp3) is 0.176. The molecule has 1 N–H and O–H groups in total. The first-order chi connectivity index (χ1) is 17.7. The third kappa shape index (κ3) is 3.10. The normalized spacial score (nSPS) is 11.6. The summed E-state index contributed by atoms with van der Waals surface area (Å²) in [5, 5.41) is 9.13. The van der Waals surface area contributed by atoms with Crippen molar-refractivity contribution >= 4 is 54.3 Å². The topological polar surface area (TPSA) is 20.7 Å². The Morgan fingerprint density at radius 2 is 1.36 bits per heavy atom. The zero-order valence-corrected chi connectivity index (χ0v) is 21.7. The summed E-state index contributed by atoms with van der Waals surface area (Å²) in [6, 6.07) is 31.2. The molecule has 2 nitrogen and oxygen atoms in total. The van der Waals surface area contributed by atoms with E-state index in [1.807, 2.05) is 13.8 Å². The Morgan fingerprint density at radius 1 is 0.694 bits per heavy atom. The van der Waals surface area contributed by atoms with Gasteiger partial charge >= 0.3 is 0 Å². The van der Waals surface area contributed by atoms with Gasteiger partial charge in [0.05, 0.1) is 11.2 Å². The van der Waals surface area contributed by atoms with Crippen molar-refractivity contribution in [2.75, 3.05) is 0 Å². The van der Waals surface area contributed by atoms with Gasteiger partial charge in [-0.05, 0) is 70.3 Å². The second kappa shape index (κ2) is 8.57. The molecule has 0 radical (unpaired) electrons. The molecule has 0 atom stereocenters. The predicted molar refractivity (Wildman–Crippen MR) is 158 cm³/mol. The van der Waals surface area contributed by atoms with Crippen LogP contribution in [0.3, 0.4) is 0 Å². The van der Waals surface area contributed by atoms with E-state index >= 15 is 0 Å². The molecular formula is C34H32N2. The molecule has 0 saturated carbocycles. The molecule has 0 amide bonds. The first kappa shape index (κ1) is 22.4. The highest BCUT2D eigenvalue weighted by Crippen LogP contribution is 2.42. The number of hydrogen-bond acceptors (Lipinski definition) is 0. The zero-order valence-electron chi connectivity index (χ0n) is 21.7. The molecule has 0 bridgehead atoms. The first-order valence-electron chi connectivity index (χ1n) is 13.1. The number of benzene rings is 5. The number of nitrogens with zero attached hydrogens (tertiary/aromatic N) is 1. The summed E-state index contributed by atoms with van der Waals surface area (Å²) in [5.74, 6) is 0. The molecule has 0 saturated heterocycles. The van der Waals surface area contributed by atoms with Gasteiger partial charge in [-0.1, -0.05) is 81.4 Å². The lowest BCUT2D eigenvalue weighted by Gasteiger charge is -2.11. The molecule has 0 aliphatic carbocycles. The Morgan fingerprint density at radius 3 is 2.14 bits per heavy atom. The quantitative estimate of drug-likeness (QED) is 0.244. The maximum absolute atomic E-state index is 3.72. The van der Waals surface area contributed by atoms with Gasteiger partial charge in [-0.25, -0.2) is 0 Å². The van der Waals surface area contributed by atoms with E-state index < -0.39 is 0 Å². The van der Waals surface area contributed by atoms with Crippen molar-refractivity contribution in [3.05, 3.63) is 96.1 Å². The molecule has 0 unspecified atom stereocenters. The molecule has 178 valence electrons. The van der Waals surface area contributed by atoms with E-state index in [4.69, 9.17) is 0 Å². The average molecular weight is 469 g/mol. The molecular weight excluding hydrogens is 436 g/mol. The Labute approximate surface area is 212 Å². The van der Waals surface area contributed by atoms with Crippen molar-refractivity contribution in [1.29, 1.82) is 0 Å². The third-order valence-electron chi connectivity index (χ3n) is 7.67. The minimum atomic E-state index is 1.03. The second-order valence-electron chi connectivity index (χ2n) is 9.46. The van der Waals surface area contributed by atoms with Crippen LogP contribution in [-0.2, 0) is 13.5 Å². The van der Waals surface area contributed by atoms with Gasteiger partial charge in [0, 0.05) is 39.8 Å². The number of hydrogen-bond donors (Lipinski definition) is 1. The average Bonchev–Trinajstić information content (AvgIpc) is 3.43. The predicted octanol–water partition coefficient (Wildman–Crippen LogP) is 9.68. The SMILES string of the molecule is CC.CCc1ccccc1-c1c(C)c2ccc3[nH]c4ccc5cc6ccccc6cc5c4c3c2n1C. The van der Waals surface area contributed by atoms with Crippen molar-refractivity contribution in [2.45, 2.75) is 34.1 Å². The Kier molecular flexibility index (Phi) is 5.34. The maximum atomic E-state index is 3.72. The monoisotopic (exact) mass is 468 g/mol. The molecule has 36 heavy (non-hydrogen) atoms. The van der Waals surface area contributed by atoms with Crippen molar-refractivity contribution in [2.24, 2.45) is 7.05 Å². The molecule has 2 heterocycles. The number of aryl methyl sites for hydroxylation is 3. The third-order valence-corrected chi connectivity index (χ3v) is 7.67. The van der Waals surface area contributed by atoms with Crippen LogP contribution in [0, 0.1) is 6.92 Å². The zero-order chi connectivity index (χ0) is 25.0. The maximum Gasteiger partial charge on any atom is 0.0587 e. The van der Waals surface area contributed by atoms with Gasteiger partial charge < -0.3 is 9.55 Å². The lowest BCUT2D eigenvalue weighted by molar-refractivity contribution is 0.972. The standard InChI is InChI=1S/C32H26N2.C2H6/c1-4-20-9-7-8-12-25(20)31-19(2)24-14-16-28-30(32(24)34(31)3)29-26-18-22-11-6-5-10-21(22)17-23(26)13-15-27(29)33-28;1-2/h5-18,33H,4H2,1-3H3;1-2H3. The molecule has 0 aliphatic heterocycles. The minimum Gasteiger partial charge on any atom is -0.354 e. The summed E-state index contributed by atoms with van der Waals surface area (Å²) in [5.41, 5.74) is 9.09. The molecule has 2 heteroatoms. The van der Waals surface area contributed by atoms with Gasteiger partial charge in [0.1, 0.15) is 0 Å². The largest absolute Gasteiger partial charge is 0.354 e. The molecule has 0 aliphatic rings. The number of aromatic amines is 1. The van der Waals surface area contributed by atoms with Crippen LogP contribution in [0.15, 0.2) is 84.9 Å². The highest BCUT2D eigenvalue weighted by atomic mass is 15.0.